The van der Waals surface area contributed by atoms with Crippen LogP contribution in [0.25, 0.3) is 16.3 Å². The summed E-state index contributed by atoms with van der Waals surface area (Å²) in [6, 6.07) is 9.34. The van der Waals surface area contributed by atoms with Gasteiger partial charge in [0.1, 0.15) is 0 Å². The monoisotopic (exact) mass is 331 g/mol. The maximum Gasteiger partial charge on any atom is 0.0986 e. The minimum atomic E-state index is 0.960. The molecule has 0 aromatic heterocycles. The standard InChI is InChI=1S/C22H21NS/c1-14-6-8-19-18-9-7-15-4-2-3-5-16(15)17(18)10-11-20(19)21(14)22-23-12-13-24-22/h3,5-6,8,10-11H,2,4,7,9,12-13H2,1H3. The molecular formula is C22H21NS. The molecule has 0 amide bonds. The van der Waals surface area contributed by atoms with Crippen LogP contribution in [0.1, 0.15) is 41.5 Å². The van der Waals surface area contributed by atoms with E-state index in [0.29, 0.717) is 0 Å². The van der Waals surface area contributed by atoms with Gasteiger partial charge in [0.15, 0.2) is 0 Å². The van der Waals surface area contributed by atoms with E-state index in [2.05, 4.69) is 43.3 Å². The van der Waals surface area contributed by atoms with E-state index in [9.17, 15) is 0 Å². The van der Waals surface area contributed by atoms with E-state index < -0.39 is 0 Å². The van der Waals surface area contributed by atoms with Crippen molar-refractivity contribution in [1.82, 2.24) is 0 Å². The normalized spacial score (nSPS) is 19.5. The molecule has 0 bridgehead atoms. The Labute approximate surface area is 147 Å². The number of thioether (sulfide) groups is 1. The summed E-state index contributed by atoms with van der Waals surface area (Å²) in [5.41, 5.74) is 8.89. The predicted octanol–water partition coefficient (Wildman–Crippen LogP) is 5.69. The SMILES string of the molecule is Cc1ccc2c3c(ccc2c1C1=NCCS1)C1=C(CCC=C1)CC3. The van der Waals surface area contributed by atoms with Gasteiger partial charge in [0.25, 0.3) is 0 Å². The smallest absolute Gasteiger partial charge is 0.0986 e. The Morgan fingerprint density at radius 2 is 1.92 bits per heavy atom. The molecule has 0 atom stereocenters. The van der Waals surface area contributed by atoms with Crippen molar-refractivity contribution in [2.75, 3.05) is 12.3 Å². The van der Waals surface area contributed by atoms with Gasteiger partial charge in [-0.3, -0.25) is 4.99 Å². The lowest BCUT2D eigenvalue weighted by Crippen LogP contribution is -2.08. The summed E-state index contributed by atoms with van der Waals surface area (Å²) in [4.78, 5) is 4.75. The van der Waals surface area contributed by atoms with Crippen LogP contribution in [0.2, 0.25) is 0 Å². The zero-order chi connectivity index (χ0) is 16.1. The summed E-state index contributed by atoms with van der Waals surface area (Å²) >= 11 is 1.91. The lowest BCUT2D eigenvalue weighted by Gasteiger charge is -2.26. The maximum absolute atomic E-state index is 4.75. The number of hydrogen-bond donors (Lipinski definition) is 0. The highest BCUT2D eigenvalue weighted by Crippen LogP contribution is 2.41. The Morgan fingerprint density at radius 1 is 1.00 bits per heavy atom. The first-order valence-electron chi connectivity index (χ1n) is 8.94. The predicted molar refractivity (Wildman–Crippen MR) is 106 cm³/mol. The van der Waals surface area contributed by atoms with Crippen molar-refractivity contribution >= 4 is 33.2 Å². The molecule has 0 N–H and O–H groups in total. The molecule has 0 radical (unpaired) electrons. The molecule has 1 heterocycles. The molecule has 5 rings (SSSR count). The van der Waals surface area contributed by atoms with Gasteiger partial charge in [-0.2, -0.15) is 0 Å². The van der Waals surface area contributed by atoms with Gasteiger partial charge in [0.05, 0.1) is 5.04 Å². The van der Waals surface area contributed by atoms with E-state index in [-0.39, 0.29) is 0 Å². The van der Waals surface area contributed by atoms with E-state index >= 15 is 0 Å². The largest absolute Gasteiger partial charge is 0.277 e. The molecule has 1 nitrogen and oxygen atoms in total. The van der Waals surface area contributed by atoms with Gasteiger partial charge in [0.2, 0.25) is 0 Å². The number of aryl methyl sites for hydroxylation is 2. The Bertz CT molecular complexity index is 946. The minimum Gasteiger partial charge on any atom is -0.277 e. The average molecular weight is 331 g/mol. The first-order chi connectivity index (χ1) is 11.8. The molecule has 0 fully saturated rings. The van der Waals surface area contributed by atoms with Crippen molar-refractivity contribution < 1.29 is 0 Å². The van der Waals surface area contributed by atoms with Crippen LogP contribution in [-0.2, 0) is 6.42 Å². The number of benzene rings is 2. The highest BCUT2D eigenvalue weighted by Gasteiger charge is 2.23. The minimum absolute atomic E-state index is 0.960. The molecule has 24 heavy (non-hydrogen) atoms. The lowest BCUT2D eigenvalue weighted by atomic mass is 9.79. The van der Waals surface area contributed by atoms with Gasteiger partial charge in [-0.1, -0.05) is 42.0 Å². The number of nitrogens with zero attached hydrogens (tertiary/aromatic N) is 1. The first-order valence-corrected chi connectivity index (χ1v) is 9.93. The zero-order valence-electron chi connectivity index (χ0n) is 14.1. The van der Waals surface area contributed by atoms with Crippen LogP contribution in [0.15, 0.2) is 47.0 Å². The third-order valence-corrected chi connectivity index (χ3v) is 6.56. The van der Waals surface area contributed by atoms with Crippen LogP contribution in [0.3, 0.4) is 0 Å². The fraction of sp³-hybridized carbons (Fsp3) is 0.318. The van der Waals surface area contributed by atoms with Gasteiger partial charge < -0.3 is 0 Å². The third kappa shape index (κ3) is 2.12. The molecule has 120 valence electrons. The molecule has 2 aliphatic carbocycles. The summed E-state index contributed by atoms with van der Waals surface area (Å²) in [7, 11) is 0. The maximum atomic E-state index is 4.75. The molecule has 2 aromatic carbocycles. The molecule has 3 aliphatic rings. The zero-order valence-corrected chi connectivity index (χ0v) is 14.9. The highest BCUT2D eigenvalue weighted by molar-refractivity contribution is 8.14. The van der Waals surface area contributed by atoms with Crippen LogP contribution >= 0.6 is 11.8 Å². The molecule has 0 unspecified atom stereocenters. The Balaban J connectivity index is 1.77. The van der Waals surface area contributed by atoms with E-state index in [1.54, 1.807) is 11.1 Å². The molecule has 2 aromatic rings. The second kappa shape index (κ2) is 5.63. The molecule has 0 saturated carbocycles. The van der Waals surface area contributed by atoms with Crippen molar-refractivity contribution in [3.05, 3.63) is 64.2 Å². The summed E-state index contributed by atoms with van der Waals surface area (Å²) in [6.45, 7) is 3.18. The Morgan fingerprint density at radius 3 is 2.79 bits per heavy atom. The van der Waals surface area contributed by atoms with Crippen molar-refractivity contribution in [2.24, 2.45) is 4.99 Å². The topological polar surface area (TPSA) is 12.4 Å². The van der Waals surface area contributed by atoms with E-state index in [0.717, 1.165) is 12.3 Å². The molecule has 1 aliphatic heterocycles. The fourth-order valence-corrected chi connectivity index (χ4v) is 5.37. The summed E-state index contributed by atoms with van der Waals surface area (Å²) in [5.74, 6) is 1.12. The third-order valence-electron chi connectivity index (χ3n) is 5.57. The molecule has 0 saturated heterocycles. The van der Waals surface area contributed by atoms with Crippen molar-refractivity contribution in [1.29, 1.82) is 0 Å². The van der Waals surface area contributed by atoms with Crippen molar-refractivity contribution in [2.45, 2.75) is 32.6 Å². The summed E-state index contributed by atoms with van der Waals surface area (Å²) in [5, 5.41) is 4.07. The average Bonchev–Trinajstić information content (AvgIpc) is 3.15. The molecule has 0 spiro atoms. The van der Waals surface area contributed by atoms with Crippen molar-refractivity contribution in [3.8, 4) is 0 Å². The van der Waals surface area contributed by atoms with Crippen molar-refractivity contribution in [3.63, 3.8) is 0 Å². The summed E-state index contributed by atoms with van der Waals surface area (Å²) < 4.78 is 0. The molecule has 2 heteroatoms. The van der Waals surface area contributed by atoms with Gasteiger partial charge in [-0.15, -0.1) is 11.8 Å². The van der Waals surface area contributed by atoms with E-state index in [1.165, 1.54) is 63.8 Å². The first kappa shape index (κ1) is 14.5. The second-order valence-corrected chi connectivity index (χ2v) is 8.02. The number of fused-ring (bicyclic) bond motifs is 4. The number of aliphatic imine (C=N–C) groups is 1. The van der Waals surface area contributed by atoms with Gasteiger partial charge in [-0.25, -0.2) is 0 Å². The Kier molecular flexibility index (Phi) is 3.41. The van der Waals surface area contributed by atoms with Gasteiger partial charge >= 0.3 is 0 Å². The highest BCUT2D eigenvalue weighted by atomic mass is 32.2. The number of rotatable bonds is 1. The van der Waals surface area contributed by atoms with Gasteiger partial charge in [-0.05, 0) is 65.6 Å². The number of allylic oxidation sites excluding steroid dienone is 4. The van der Waals surface area contributed by atoms with Gasteiger partial charge in [0, 0.05) is 17.9 Å². The van der Waals surface area contributed by atoms with Crippen LogP contribution < -0.4 is 0 Å². The lowest BCUT2D eigenvalue weighted by molar-refractivity contribution is 0.831. The second-order valence-electron chi connectivity index (χ2n) is 6.94. The van der Waals surface area contributed by atoms with Crippen LogP contribution in [-0.4, -0.2) is 17.3 Å². The van der Waals surface area contributed by atoms with Crippen LogP contribution in [0, 0.1) is 6.92 Å². The fourth-order valence-electron chi connectivity index (χ4n) is 4.40. The Hall–Kier alpha value is -1.80. The van der Waals surface area contributed by atoms with E-state index in [1.807, 2.05) is 11.8 Å². The summed E-state index contributed by atoms with van der Waals surface area (Å²) in [6.07, 6.45) is 9.56. The molecular weight excluding hydrogens is 310 g/mol. The number of hydrogen-bond acceptors (Lipinski definition) is 2. The van der Waals surface area contributed by atoms with Crippen LogP contribution in [0.5, 0.6) is 0 Å². The van der Waals surface area contributed by atoms with E-state index in [4.69, 9.17) is 4.99 Å². The van der Waals surface area contributed by atoms with Crippen LogP contribution in [0.4, 0.5) is 0 Å². The quantitative estimate of drug-likeness (QED) is 0.654.